The van der Waals surface area contributed by atoms with E-state index in [1.54, 1.807) is 0 Å². The predicted octanol–water partition coefficient (Wildman–Crippen LogP) is 8.21. The fraction of sp³-hybridized carbons (Fsp3) is 0.207. The minimum Gasteiger partial charge on any atom is -0.456 e. The van der Waals surface area contributed by atoms with Crippen molar-refractivity contribution in [3.05, 3.63) is 90.1 Å². The van der Waals surface area contributed by atoms with Crippen LogP contribution in [0.1, 0.15) is 36.0 Å². The van der Waals surface area contributed by atoms with Crippen molar-refractivity contribution in [2.24, 2.45) is 5.41 Å². The number of hydrogen-bond donors (Lipinski definition) is 0. The van der Waals surface area contributed by atoms with Gasteiger partial charge in [-0.2, -0.15) is 0 Å². The second-order valence-electron chi connectivity index (χ2n) is 9.35. The summed E-state index contributed by atoms with van der Waals surface area (Å²) in [6.07, 6.45) is 2.18. The summed E-state index contributed by atoms with van der Waals surface area (Å²) >= 11 is 0. The average molecular weight is 409 g/mol. The SMILES string of the molecule is [2H]C([2H])([2H])c1cnc(-c2ccc3oc4ccc(-c5ccccc5)cc4c3c2)cc1CC(C)(C)C. The first-order valence-corrected chi connectivity index (χ1v) is 10.6. The number of furan rings is 1. The zero-order valence-electron chi connectivity index (χ0n) is 21.1. The lowest BCUT2D eigenvalue weighted by molar-refractivity contribution is 0.410. The molecule has 0 amide bonds. The topological polar surface area (TPSA) is 26.0 Å². The Morgan fingerprint density at radius 3 is 2.16 bits per heavy atom. The minimum atomic E-state index is -2.19. The van der Waals surface area contributed by atoms with Crippen LogP contribution in [0.2, 0.25) is 0 Å². The predicted molar refractivity (Wildman–Crippen MR) is 130 cm³/mol. The minimum absolute atomic E-state index is 0.0445. The fourth-order valence-electron chi connectivity index (χ4n) is 4.12. The van der Waals surface area contributed by atoms with E-state index >= 15 is 0 Å². The van der Waals surface area contributed by atoms with Gasteiger partial charge < -0.3 is 4.42 Å². The fourth-order valence-corrected chi connectivity index (χ4v) is 4.12. The zero-order chi connectivity index (χ0) is 24.1. The van der Waals surface area contributed by atoms with Crippen LogP contribution in [0, 0.1) is 12.3 Å². The molecule has 2 nitrogen and oxygen atoms in total. The number of fused-ring (bicyclic) bond motifs is 3. The Morgan fingerprint density at radius 1 is 0.806 bits per heavy atom. The van der Waals surface area contributed by atoms with Crippen molar-refractivity contribution in [2.75, 3.05) is 0 Å². The van der Waals surface area contributed by atoms with Crippen molar-refractivity contribution in [3.8, 4) is 22.4 Å². The summed E-state index contributed by atoms with van der Waals surface area (Å²) in [4.78, 5) is 4.55. The Bertz CT molecular complexity index is 1490. The molecule has 0 radical (unpaired) electrons. The maximum absolute atomic E-state index is 7.95. The van der Waals surface area contributed by atoms with Crippen LogP contribution < -0.4 is 0 Å². The molecule has 0 aliphatic rings. The number of benzene rings is 3. The van der Waals surface area contributed by atoms with Gasteiger partial charge in [0.1, 0.15) is 11.2 Å². The normalized spacial score (nSPS) is 13.8. The lowest BCUT2D eigenvalue weighted by atomic mass is 9.86. The molecule has 0 aliphatic carbocycles. The third-order valence-corrected chi connectivity index (χ3v) is 5.58. The number of rotatable bonds is 3. The van der Waals surface area contributed by atoms with Crippen LogP contribution >= 0.6 is 0 Å². The highest BCUT2D eigenvalue weighted by Gasteiger charge is 2.15. The maximum Gasteiger partial charge on any atom is 0.135 e. The molecule has 5 rings (SSSR count). The van der Waals surface area contributed by atoms with Crippen LogP contribution in [0.5, 0.6) is 0 Å². The molecule has 31 heavy (non-hydrogen) atoms. The van der Waals surface area contributed by atoms with Crippen LogP contribution in [-0.2, 0) is 6.42 Å². The van der Waals surface area contributed by atoms with Crippen LogP contribution in [0.4, 0.5) is 0 Å². The number of pyridine rings is 1. The monoisotopic (exact) mass is 408 g/mol. The number of nitrogens with zero attached hydrogens (tertiary/aromatic N) is 1. The highest BCUT2D eigenvalue weighted by atomic mass is 16.3. The third kappa shape index (κ3) is 3.86. The molecule has 0 atom stereocenters. The summed E-state index contributed by atoms with van der Waals surface area (Å²) in [5.74, 6) is 0. The van der Waals surface area contributed by atoms with E-state index in [-0.39, 0.29) is 5.41 Å². The summed E-state index contributed by atoms with van der Waals surface area (Å²) in [6, 6.07) is 24.5. The first-order valence-electron chi connectivity index (χ1n) is 12.1. The van der Waals surface area contributed by atoms with Crippen molar-refractivity contribution in [1.29, 1.82) is 0 Å². The van der Waals surface area contributed by atoms with Crippen molar-refractivity contribution >= 4 is 21.9 Å². The number of hydrogen-bond acceptors (Lipinski definition) is 2. The van der Waals surface area contributed by atoms with Gasteiger partial charge in [0.05, 0.1) is 5.69 Å². The molecule has 0 fully saturated rings. The van der Waals surface area contributed by atoms with Gasteiger partial charge in [-0.05, 0) is 77.3 Å². The molecular weight excluding hydrogens is 378 g/mol. The quantitative estimate of drug-likeness (QED) is 0.300. The van der Waals surface area contributed by atoms with Gasteiger partial charge in [0, 0.05) is 26.6 Å². The van der Waals surface area contributed by atoms with Crippen LogP contribution in [0.25, 0.3) is 44.3 Å². The van der Waals surface area contributed by atoms with E-state index in [1.165, 1.54) is 6.20 Å². The van der Waals surface area contributed by atoms with E-state index in [0.29, 0.717) is 12.0 Å². The third-order valence-electron chi connectivity index (χ3n) is 5.58. The first kappa shape index (κ1) is 16.3. The lowest BCUT2D eigenvalue weighted by Gasteiger charge is -2.20. The van der Waals surface area contributed by atoms with E-state index in [1.807, 2.05) is 42.5 Å². The molecule has 0 bridgehead atoms. The molecule has 0 unspecified atom stereocenters. The zero-order valence-corrected chi connectivity index (χ0v) is 18.1. The van der Waals surface area contributed by atoms with Gasteiger partial charge in [0.25, 0.3) is 0 Å². The Kier molecular flexibility index (Phi) is 3.89. The van der Waals surface area contributed by atoms with Gasteiger partial charge >= 0.3 is 0 Å². The lowest BCUT2D eigenvalue weighted by Crippen LogP contribution is -2.10. The van der Waals surface area contributed by atoms with E-state index in [0.717, 1.165) is 49.9 Å². The Balaban J connectivity index is 1.64. The van der Waals surface area contributed by atoms with Gasteiger partial charge in [0.15, 0.2) is 0 Å². The van der Waals surface area contributed by atoms with E-state index in [2.05, 4.69) is 56.1 Å². The van der Waals surface area contributed by atoms with Gasteiger partial charge in [-0.25, -0.2) is 0 Å². The van der Waals surface area contributed by atoms with Crippen molar-refractivity contribution in [3.63, 3.8) is 0 Å². The standard InChI is InChI=1S/C29H27NO/c1-19-18-30-26(16-23(19)17-29(2,3)4)22-11-13-28-25(15-22)24-14-21(10-12-27(24)31-28)20-8-6-5-7-9-20/h5-16,18H,17H2,1-4H3/i1D3. The van der Waals surface area contributed by atoms with E-state index in [9.17, 15) is 0 Å². The smallest absolute Gasteiger partial charge is 0.135 e. The molecule has 2 heterocycles. The maximum atomic E-state index is 7.95. The van der Waals surface area contributed by atoms with Crippen LogP contribution in [0.15, 0.2) is 83.4 Å². The molecule has 0 aliphatic heterocycles. The van der Waals surface area contributed by atoms with E-state index in [4.69, 9.17) is 8.53 Å². The summed E-state index contributed by atoms with van der Waals surface area (Å²) in [5, 5.41) is 2.07. The molecule has 2 heteroatoms. The molecular formula is C29H27NO. The Labute approximate surface area is 187 Å². The Morgan fingerprint density at radius 2 is 1.48 bits per heavy atom. The second-order valence-corrected chi connectivity index (χ2v) is 9.35. The number of aryl methyl sites for hydroxylation is 1. The Hall–Kier alpha value is -3.39. The summed E-state index contributed by atoms with van der Waals surface area (Å²) in [6.45, 7) is 4.16. The molecule has 0 saturated carbocycles. The molecule has 0 spiro atoms. The van der Waals surface area contributed by atoms with Crippen LogP contribution in [0.3, 0.4) is 0 Å². The van der Waals surface area contributed by atoms with E-state index < -0.39 is 6.85 Å². The molecule has 3 aromatic carbocycles. The summed E-state index contributed by atoms with van der Waals surface area (Å²) < 4.78 is 29.9. The molecule has 5 aromatic rings. The largest absolute Gasteiger partial charge is 0.456 e. The van der Waals surface area contributed by atoms with Crippen molar-refractivity contribution < 1.29 is 8.53 Å². The molecule has 2 aromatic heterocycles. The first-order chi connectivity index (χ1) is 16.1. The van der Waals surface area contributed by atoms with Gasteiger partial charge in [-0.3, -0.25) is 4.98 Å². The van der Waals surface area contributed by atoms with Gasteiger partial charge in [-0.1, -0.05) is 57.2 Å². The summed E-state index contributed by atoms with van der Waals surface area (Å²) in [7, 11) is 0. The van der Waals surface area contributed by atoms with Crippen molar-refractivity contribution in [1.82, 2.24) is 4.98 Å². The highest BCUT2D eigenvalue weighted by molar-refractivity contribution is 6.07. The van der Waals surface area contributed by atoms with Crippen LogP contribution in [-0.4, -0.2) is 4.98 Å². The van der Waals surface area contributed by atoms with Gasteiger partial charge in [0.2, 0.25) is 0 Å². The number of aromatic nitrogens is 1. The molecule has 0 saturated heterocycles. The van der Waals surface area contributed by atoms with Crippen molar-refractivity contribution in [2.45, 2.75) is 34.0 Å². The second kappa shape index (κ2) is 7.39. The molecule has 0 N–H and O–H groups in total. The highest BCUT2D eigenvalue weighted by Crippen LogP contribution is 2.35. The summed E-state index contributed by atoms with van der Waals surface area (Å²) in [5.41, 5.74) is 6.75. The molecule has 154 valence electrons. The van der Waals surface area contributed by atoms with Gasteiger partial charge in [-0.15, -0.1) is 0 Å². The average Bonchev–Trinajstić information content (AvgIpc) is 3.15.